The number of aromatic amines is 1. The van der Waals surface area contributed by atoms with Crippen LogP contribution >= 0.6 is 0 Å². The van der Waals surface area contributed by atoms with E-state index in [0.29, 0.717) is 12.1 Å². The maximum atomic E-state index is 12.5. The number of nitrogens with zero attached hydrogens (tertiary/aromatic N) is 2. The van der Waals surface area contributed by atoms with Crippen molar-refractivity contribution < 1.29 is 9.53 Å². The predicted molar refractivity (Wildman–Crippen MR) is 103 cm³/mol. The van der Waals surface area contributed by atoms with Crippen molar-refractivity contribution in [3.63, 3.8) is 0 Å². The number of benzene rings is 2. The molecule has 0 aliphatic heterocycles. The molecule has 4 aromatic rings. The van der Waals surface area contributed by atoms with E-state index in [2.05, 4.69) is 15.5 Å². The van der Waals surface area contributed by atoms with Gasteiger partial charge in [-0.2, -0.15) is 5.10 Å². The lowest BCUT2D eigenvalue weighted by atomic mass is 10.2. The zero-order valence-corrected chi connectivity index (χ0v) is 14.7. The molecule has 0 fully saturated rings. The van der Waals surface area contributed by atoms with Crippen molar-refractivity contribution in [1.29, 1.82) is 0 Å². The third kappa shape index (κ3) is 3.15. The van der Waals surface area contributed by atoms with Crippen molar-refractivity contribution >= 4 is 27.7 Å². The summed E-state index contributed by atoms with van der Waals surface area (Å²) in [6.07, 6.45) is 1.61. The number of carbonyl (C=O) groups excluding carboxylic acids is 1. The molecule has 0 aliphatic carbocycles. The lowest BCUT2D eigenvalue weighted by Crippen LogP contribution is -2.28. The molecule has 0 unspecified atom stereocenters. The summed E-state index contributed by atoms with van der Waals surface area (Å²) >= 11 is 0. The van der Waals surface area contributed by atoms with Gasteiger partial charge in [-0.3, -0.25) is 9.59 Å². The number of nitrogens with one attached hydrogen (secondary N) is 2. The van der Waals surface area contributed by atoms with Crippen molar-refractivity contribution in [2.24, 2.45) is 0 Å². The quantitative estimate of drug-likeness (QED) is 0.570. The number of amides is 1. The zero-order chi connectivity index (χ0) is 18.8. The Morgan fingerprint density at radius 1 is 1.19 bits per heavy atom. The van der Waals surface area contributed by atoms with E-state index in [1.165, 1.54) is 0 Å². The van der Waals surface area contributed by atoms with Gasteiger partial charge in [0.2, 0.25) is 5.91 Å². The monoisotopic (exact) mass is 362 g/mol. The fourth-order valence-corrected chi connectivity index (χ4v) is 3.26. The van der Waals surface area contributed by atoms with Crippen LogP contribution in [-0.4, -0.2) is 27.8 Å². The second-order valence-corrected chi connectivity index (χ2v) is 6.19. The van der Waals surface area contributed by atoms with Crippen LogP contribution in [0.1, 0.15) is 5.56 Å². The summed E-state index contributed by atoms with van der Waals surface area (Å²) in [6, 6.07) is 15.1. The van der Waals surface area contributed by atoms with E-state index in [4.69, 9.17) is 4.74 Å². The number of fused-ring (bicyclic) bond motifs is 3. The first-order chi connectivity index (χ1) is 13.2. The highest BCUT2D eigenvalue weighted by molar-refractivity contribution is 6.07. The second-order valence-electron chi connectivity index (χ2n) is 6.19. The molecule has 0 atom stereocenters. The number of methoxy groups -OCH3 is 1. The number of H-pyrrole nitrogens is 1. The summed E-state index contributed by atoms with van der Waals surface area (Å²) in [6.45, 7) is 0.423. The standard InChI is InChI=1S/C20H18N4O3/c1-27-14-6-4-5-13(9-14)10-21-18(25)12-24-17-8-3-2-7-15(17)16-11-22-23-20(26)19(16)24/h2-9,11H,10,12H2,1H3,(H,21,25)(H,23,26). The van der Waals surface area contributed by atoms with Crippen LogP contribution in [0, 0.1) is 0 Å². The maximum Gasteiger partial charge on any atom is 0.288 e. The third-order valence-corrected chi connectivity index (χ3v) is 4.51. The number of rotatable bonds is 5. The van der Waals surface area contributed by atoms with Crippen LogP contribution in [0.3, 0.4) is 0 Å². The van der Waals surface area contributed by atoms with E-state index in [9.17, 15) is 9.59 Å². The Morgan fingerprint density at radius 3 is 2.89 bits per heavy atom. The number of ether oxygens (including phenoxy) is 1. The highest BCUT2D eigenvalue weighted by Crippen LogP contribution is 2.25. The fourth-order valence-electron chi connectivity index (χ4n) is 3.26. The molecular formula is C20H18N4O3. The van der Waals surface area contributed by atoms with Crippen LogP contribution in [-0.2, 0) is 17.9 Å². The van der Waals surface area contributed by atoms with Crippen molar-refractivity contribution in [3.05, 3.63) is 70.6 Å². The molecule has 7 nitrogen and oxygen atoms in total. The summed E-state index contributed by atoms with van der Waals surface area (Å²) in [5.74, 6) is 0.555. The number of para-hydroxylation sites is 1. The van der Waals surface area contributed by atoms with Gasteiger partial charge in [0.25, 0.3) is 5.56 Å². The van der Waals surface area contributed by atoms with Gasteiger partial charge in [-0.1, -0.05) is 30.3 Å². The van der Waals surface area contributed by atoms with E-state index in [0.717, 1.165) is 27.6 Å². The molecule has 0 aliphatic rings. The van der Waals surface area contributed by atoms with Crippen LogP contribution in [0.4, 0.5) is 0 Å². The predicted octanol–water partition coefficient (Wildman–Crippen LogP) is 2.20. The average Bonchev–Trinajstić information content (AvgIpc) is 3.02. The summed E-state index contributed by atoms with van der Waals surface area (Å²) < 4.78 is 6.92. The summed E-state index contributed by atoms with van der Waals surface area (Å²) in [5, 5.41) is 10.9. The summed E-state index contributed by atoms with van der Waals surface area (Å²) in [5.41, 5.74) is 1.89. The molecule has 7 heteroatoms. The van der Waals surface area contributed by atoms with Gasteiger partial charge in [0.15, 0.2) is 0 Å². The first-order valence-corrected chi connectivity index (χ1v) is 8.51. The maximum absolute atomic E-state index is 12.5. The Morgan fingerprint density at radius 2 is 2.04 bits per heavy atom. The van der Waals surface area contributed by atoms with E-state index < -0.39 is 0 Å². The molecule has 0 saturated carbocycles. The third-order valence-electron chi connectivity index (χ3n) is 4.51. The van der Waals surface area contributed by atoms with Crippen molar-refractivity contribution in [2.45, 2.75) is 13.1 Å². The second kappa shape index (κ2) is 6.95. The SMILES string of the molecule is COc1cccc(CNC(=O)Cn2c3ccccc3c3cn[nH]c(=O)c32)c1. The molecule has 2 aromatic heterocycles. The molecular weight excluding hydrogens is 344 g/mol. The summed E-state index contributed by atoms with van der Waals surface area (Å²) in [4.78, 5) is 24.9. The number of hydrogen-bond donors (Lipinski definition) is 2. The van der Waals surface area contributed by atoms with Crippen molar-refractivity contribution in [3.8, 4) is 5.75 Å². The van der Waals surface area contributed by atoms with E-state index in [-0.39, 0.29) is 18.0 Å². The normalized spacial score (nSPS) is 11.0. The van der Waals surface area contributed by atoms with E-state index in [1.807, 2.05) is 48.5 Å². The Hall–Kier alpha value is -3.61. The van der Waals surface area contributed by atoms with Crippen LogP contribution in [0.15, 0.2) is 59.5 Å². The van der Waals surface area contributed by atoms with Crippen molar-refractivity contribution in [2.75, 3.05) is 7.11 Å². The molecule has 0 saturated heterocycles. The van der Waals surface area contributed by atoms with Gasteiger partial charge in [-0.15, -0.1) is 0 Å². The Kier molecular flexibility index (Phi) is 4.33. The molecule has 2 heterocycles. The van der Waals surface area contributed by atoms with Crippen LogP contribution in [0.5, 0.6) is 5.75 Å². The Labute approximate surface area is 154 Å². The lowest BCUT2D eigenvalue weighted by Gasteiger charge is -2.09. The number of carbonyl (C=O) groups is 1. The highest BCUT2D eigenvalue weighted by Gasteiger charge is 2.15. The molecule has 136 valence electrons. The molecule has 0 radical (unpaired) electrons. The van der Waals surface area contributed by atoms with Crippen molar-refractivity contribution in [1.82, 2.24) is 20.1 Å². The van der Waals surface area contributed by atoms with E-state index >= 15 is 0 Å². The van der Waals surface area contributed by atoms with Gasteiger partial charge >= 0.3 is 0 Å². The highest BCUT2D eigenvalue weighted by atomic mass is 16.5. The number of hydrogen-bond acceptors (Lipinski definition) is 4. The molecule has 4 rings (SSSR count). The minimum absolute atomic E-state index is 0.0427. The average molecular weight is 362 g/mol. The van der Waals surface area contributed by atoms with Gasteiger partial charge < -0.3 is 14.6 Å². The first-order valence-electron chi connectivity index (χ1n) is 8.51. The summed E-state index contributed by atoms with van der Waals surface area (Å²) in [7, 11) is 1.60. The van der Waals surface area contributed by atoms with Crippen LogP contribution in [0.25, 0.3) is 21.8 Å². The molecule has 2 aromatic carbocycles. The first kappa shape index (κ1) is 16.8. The van der Waals surface area contributed by atoms with Gasteiger partial charge in [-0.25, -0.2) is 5.10 Å². The molecule has 0 spiro atoms. The zero-order valence-electron chi connectivity index (χ0n) is 14.7. The van der Waals surface area contributed by atoms with Gasteiger partial charge in [0, 0.05) is 22.8 Å². The smallest absolute Gasteiger partial charge is 0.288 e. The largest absolute Gasteiger partial charge is 0.497 e. The van der Waals surface area contributed by atoms with Gasteiger partial charge in [0.1, 0.15) is 17.8 Å². The lowest BCUT2D eigenvalue weighted by molar-refractivity contribution is -0.121. The Bertz CT molecular complexity index is 1190. The van der Waals surface area contributed by atoms with Gasteiger partial charge in [-0.05, 0) is 23.8 Å². The van der Waals surface area contributed by atoms with Crippen LogP contribution in [0.2, 0.25) is 0 Å². The topological polar surface area (TPSA) is 89.0 Å². The van der Waals surface area contributed by atoms with E-state index in [1.54, 1.807) is 17.9 Å². The Balaban J connectivity index is 1.62. The molecule has 27 heavy (non-hydrogen) atoms. The molecule has 1 amide bonds. The molecule has 2 N–H and O–H groups in total. The minimum Gasteiger partial charge on any atom is -0.497 e. The van der Waals surface area contributed by atoms with Gasteiger partial charge in [0.05, 0.1) is 13.3 Å². The number of aromatic nitrogens is 3. The molecule has 0 bridgehead atoms. The van der Waals surface area contributed by atoms with Crippen LogP contribution < -0.4 is 15.6 Å². The fraction of sp³-hybridized carbons (Fsp3) is 0.150. The minimum atomic E-state index is -0.315.